The Hall–Kier alpha value is -1.89. The molecule has 2 atom stereocenters. The van der Waals surface area contributed by atoms with E-state index in [4.69, 9.17) is 4.99 Å². The lowest BCUT2D eigenvalue weighted by Crippen LogP contribution is -2.37. The molecule has 0 N–H and O–H groups in total. The average molecular weight is 360 g/mol. The molecule has 2 saturated carbocycles. The van der Waals surface area contributed by atoms with Gasteiger partial charge in [0.25, 0.3) is 0 Å². The molecule has 0 saturated heterocycles. The van der Waals surface area contributed by atoms with Crippen LogP contribution in [0.25, 0.3) is 5.57 Å². The molecule has 3 aliphatic carbocycles. The van der Waals surface area contributed by atoms with Gasteiger partial charge in [-0.15, -0.1) is 0 Å². The first-order valence-corrected chi connectivity index (χ1v) is 10.7. The summed E-state index contributed by atoms with van der Waals surface area (Å²) in [5.74, 6) is 2.64. The van der Waals surface area contributed by atoms with Crippen molar-refractivity contribution in [1.29, 1.82) is 0 Å². The first kappa shape index (κ1) is 18.5. The van der Waals surface area contributed by atoms with Gasteiger partial charge in [-0.05, 0) is 85.3 Å². The van der Waals surface area contributed by atoms with Gasteiger partial charge in [-0.1, -0.05) is 56.3 Å². The van der Waals surface area contributed by atoms with Crippen LogP contribution in [0.2, 0.25) is 0 Å². The Kier molecular flexibility index (Phi) is 5.21. The van der Waals surface area contributed by atoms with Crippen molar-refractivity contribution >= 4 is 11.8 Å². The highest BCUT2D eigenvalue weighted by Gasteiger charge is 2.42. The molecule has 2 bridgehead atoms. The molecule has 0 aliphatic heterocycles. The number of hydrogen-bond donors (Lipinski definition) is 0. The summed E-state index contributed by atoms with van der Waals surface area (Å²) >= 11 is 0. The Bertz CT molecular complexity index is 788. The van der Waals surface area contributed by atoms with Gasteiger partial charge in [-0.25, -0.2) is 0 Å². The maximum Gasteiger partial charge on any atom is 0.0349 e. The lowest BCUT2D eigenvalue weighted by molar-refractivity contribution is 0.0555. The number of nitrogens with zero attached hydrogens (tertiary/aromatic N) is 1. The van der Waals surface area contributed by atoms with Crippen LogP contribution in [0, 0.1) is 23.2 Å². The fourth-order valence-corrected chi connectivity index (χ4v) is 6.22. The van der Waals surface area contributed by atoms with Crippen molar-refractivity contribution in [3.8, 4) is 0 Å². The molecule has 142 valence electrons. The third kappa shape index (κ3) is 3.88. The first-order valence-electron chi connectivity index (χ1n) is 10.7. The van der Waals surface area contributed by atoms with Crippen LogP contribution in [0.15, 0.2) is 59.3 Å². The normalized spacial score (nSPS) is 33.5. The average Bonchev–Trinajstić information content (AvgIpc) is 2.95. The fourth-order valence-electron chi connectivity index (χ4n) is 6.22. The van der Waals surface area contributed by atoms with Crippen LogP contribution in [0.1, 0.15) is 64.0 Å². The van der Waals surface area contributed by atoms with E-state index in [0.29, 0.717) is 5.41 Å². The molecule has 0 aromatic heterocycles. The molecule has 1 aromatic carbocycles. The van der Waals surface area contributed by atoms with Gasteiger partial charge in [-0.2, -0.15) is 0 Å². The second kappa shape index (κ2) is 7.62. The number of rotatable bonds is 4. The van der Waals surface area contributed by atoms with Crippen molar-refractivity contribution < 1.29 is 0 Å². The lowest BCUT2D eigenvalue weighted by Gasteiger charge is -2.48. The second-order valence-electron chi connectivity index (χ2n) is 9.39. The molecule has 4 rings (SSSR count). The predicted molar refractivity (Wildman–Crippen MR) is 117 cm³/mol. The number of aliphatic imine (C=N–C) groups is 1. The highest BCUT2D eigenvalue weighted by Crippen LogP contribution is 2.53. The summed E-state index contributed by atoms with van der Waals surface area (Å²) in [4.78, 5) is 4.77. The Morgan fingerprint density at radius 1 is 1.04 bits per heavy atom. The quantitative estimate of drug-likeness (QED) is 0.513. The van der Waals surface area contributed by atoms with Crippen molar-refractivity contribution in [2.45, 2.75) is 59.3 Å². The topological polar surface area (TPSA) is 12.4 Å². The van der Waals surface area contributed by atoms with Gasteiger partial charge in [0.1, 0.15) is 0 Å². The van der Waals surface area contributed by atoms with E-state index >= 15 is 0 Å². The molecule has 3 aliphatic rings. The molecule has 27 heavy (non-hydrogen) atoms. The van der Waals surface area contributed by atoms with E-state index in [9.17, 15) is 0 Å². The van der Waals surface area contributed by atoms with E-state index in [-0.39, 0.29) is 0 Å². The Morgan fingerprint density at radius 3 is 2.52 bits per heavy atom. The molecule has 2 unspecified atom stereocenters. The smallest absolute Gasteiger partial charge is 0.0349 e. The molecule has 0 heterocycles. The first-order chi connectivity index (χ1) is 13.1. The fraction of sp³-hybridized carbons (Fsp3) is 0.500. The number of allylic oxidation sites excluding steroid dienone is 5. The summed E-state index contributed by atoms with van der Waals surface area (Å²) in [5, 5.41) is 0. The molecule has 1 heteroatoms. The van der Waals surface area contributed by atoms with Crippen molar-refractivity contribution in [3.05, 3.63) is 65.4 Å². The van der Waals surface area contributed by atoms with E-state index in [1.54, 1.807) is 0 Å². The van der Waals surface area contributed by atoms with Crippen LogP contribution >= 0.6 is 0 Å². The maximum absolute atomic E-state index is 4.77. The second-order valence-corrected chi connectivity index (χ2v) is 9.39. The zero-order valence-corrected chi connectivity index (χ0v) is 17.1. The van der Waals surface area contributed by atoms with Crippen molar-refractivity contribution in [2.75, 3.05) is 0 Å². The predicted octanol–water partition coefficient (Wildman–Crippen LogP) is 7.01. The monoisotopic (exact) mass is 359 g/mol. The molecule has 1 aromatic rings. The zero-order chi connectivity index (χ0) is 18.9. The van der Waals surface area contributed by atoms with Crippen molar-refractivity contribution in [3.63, 3.8) is 0 Å². The summed E-state index contributed by atoms with van der Waals surface area (Å²) in [6.45, 7) is 6.98. The van der Waals surface area contributed by atoms with Crippen molar-refractivity contribution in [1.82, 2.24) is 0 Å². The lowest BCUT2D eigenvalue weighted by atomic mass is 9.57. The minimum Gasteiger partial charge on any atom is -0.264 e. The molecule has 2 fully saturated rings. The summed E-state index contributed by atoms with van der Waals surface area (Å²) in [7, 11) is 0. The highest BCUT2D eigenvalue weighted by molar-refractivity contribution is 6.14. The third-order valence-corrected chi connectivity index (χ3v) is 6.80. The number of hydrogen-bond acceptors (Lipinski definition) is 1. The molecule has 1 nitrogen and oxygen atoms in total. The van der Waals surface area contributed by atoms with Gasteiger partial charge in [0.05, 0.1) is 0 Å². The molecular weight excluding hydrogens is 326 g/mol. The van der Waals surface area contributed by atoms with Gasteiger partial charge in [0.2, 0.25) is 0 Å². The van der Waals surface area contributed by atoms with Crippen LogP contribution < -0.4 is 0 Å². The minimum absolute atomic E-state index is 0.394. The largest absolute Gasteiger partial charge is 0.264 e. The summed E-state index contributed by atoms with van der Waals surface area (Å²) in [6, 6.07) is 8.73. The molecule has 0 radical (unpaired) electrons. The highest BCUT2D eigenvalue weighted by atomic mass is 14.7. The third-order valence-electron chi connectivity index (χ3n) is 6.80. The summed E-state index contributed by atoms with van der Waals surface area (Å²) in [6.07, 6.45) is 19.0. The summed E-state index contributed by atoms with van der Waals surface area (Å²) in [5.41, 5.74) is 5.83. The van der Waals surface area contributed by atoms with Gasteiger partial charge >= 0.3 is 0 Å². The summed E-state index contributed by atoms with van der Waals surface area (Å²) < 4.78 is 0. The van der Waals surface area contributed by atoms with Crippen LogP contribution in [0.3, 0.4) is 0 Å². The SMILES string of the molecule is C/C=C\C1=C(C=N/C=C/C23CC(C)CC(CC(C)C2)C3)c2ccccc2C1. The van der Waals surface area contributed by atoms with Crippen molar-refractivity contribution in [2.24, 2.45) is 28.2 Å². The van der Waals surface area contributed by atoms with E-state index < -0.39 is 0 Å². The minimum atomic E-state index is 0.394. The van der Waals surface area contributed by atoms with Crippen LogP contribution in [0.5, 0.6) is 0 Å². The molecule has 0 spiro atoms. The van der Waals surface area contributed by atoms with E-state index in [2.05, 4.69) is 75.7 Å². The van der Waals surface area contributed by atoms with Crippen LogP contribution in [-0.2, 0) is 6.42 Å². The number of fused-ring (bicyclic) bond motifs is 3. The Balaban J connectivity index is 1.55. The van der Waals surface area contributed by atoms with E-state index in [0.717, 1.165) is 24.2 Å². The standard InChI is InChI=1S/C26H33N/c1-4-7-22-14-23-8-5-6-9-24(23)25(22)18-27-11-10-26-15-19(2)12-21(17-26)13-20(3)16-26/h4-11,18-21H,12-17H2,1-3H3/b7-4-,11-10+,27-18?. The van der Waals surface area contributed by atoms with Gasteiger partial charge in [0, 0.05) is 18.0 Å². The Labute approximate surface area is 165 Å². The van der Waals surface area contributed by atoms with E-state index in [1.165, 1.54) is 54.4 Å². The van der Waals surface area contributed by atoms with Gasteiger partial charge < -0.3 is 0 Å². The maximum atomic E-state index is 4.77. The van der Waals surface area contributed by atoms with Gasteiger partial charge in [0.15, 0.2) is 0 Å². The zero-order valence-electron chi connectivity index (χ0n) is 17.1. The van der Waals surface area contributed by atoms with Crippen LogP contribution in [0.4, 0.5) is 0 Å². The van der Waals surface area contributed by atoms with Gasteiger partial charge in [-0.3, -0.25) is 4.99 Å². The number of benzene rings is 1. The molecule has 0 amide bonds. The van der Waals surface area contributed by atoms with Crippen LogP contribution in [-0.4, -0.2) is 6.21 Å². The molecular formula is C26H33N. The van der Waals surface area contributed by atoms with E-state index in [1.807, 2.05) is 0 Å². The Morgan fingerprint density at radius 2 is 1.78 bits per heavy atom.